The molecule has 1 rings (SSSR count). The molecular weight excluding hydrogens is 322 g/mol. The van der Waals surface area contributed by atoms with Gasteiger partial charge in [-0.05, 0) is 13.8 Å². The molecule has 1 amide bonds. The van der Waals surface area contributed by atoms with E-state index in [0.29, 0.717) is 4.73 Å². The monoisotopic (exact) mass is 335 g/mol. The average molecular weight is 336 g/mol. The lowest BCUT2D eigenvalue weighted by atomic mass is 10.3. The maximum atomic E-state index is 11.8. The number of halogens is 1. The van der Waals surface area contributed by atoms with Crippen molar-refractivity contribution in [2.45, 2.75) is 13.8 Å². The summed E-state index contributed by atoms with van der Waals surface area (Å²) < 4.78 is 5.39. The number of nitrogens with zero attached hydrogens (tertiary/aromatic N) is 3. The second-order valence-corrected chi connectivity index (χ2v) is 4.54. The zero-order valence-corrected chi connectivity index (χ0v) is 13.0. The molecule has 0 atom stereocenters. The third-order valence-corrected chi connectivity index (χ3v) is 3.06. The smallest absolute Gasteiger partial charge is 0.362 e. The summed E-state index contributed by atoms with van der Waals surface area (Å²) in [5.41, 5.74) is -0.217. The number of ether oxygens (including phenoxy) is 1. The lowest BCUT2D eigenvalue weighted by molar-refractivity contribution is -0.135. The van der Waals surface area contributed by atoms with E-state index in [1.54, 1.807) is 13.8 Å². The van der Waals surface area contributed by atoms with Crippen LogP contribution in [0.5, 0.6) is 0 Å². The first-order chi connectivity index (χ1) is 10.0. The zero-order chi connectivity index (χ0) is 15.8. The summed E-state index contributed by atoms with van der Waals surface area (Å²) in [6.07, 6.45) is 0. The Bertz CT molecular complexity index is 607. The molecule has 1 aromatic rings. The summed E-state index contributed by atoms with van der Waals surface area (Å²) in [4.78, 5) is 31.3. The van der Waals surface area contributed by atoms with Crippen molar-refractivity contribution in [3.05, 3.63) is 15.9 Å². The van der Waals surface area contributed by atoms with Crippen LogP contribution in [0.2, 0.25) is 0 Å². The summed E-state index contributed by atoms with van der Waals surface area (Å²) in [6.45, 7) is 3.70. The van der Waals surface area contributed by atoms with Crippen molar-refractivity contribution in [1.82, 2.24) is 4.73 Å². The second kappa shape index (κ2) is 8.42. The number of carbonyl (C=O) groups excluding carboxylic acids is 2. The van der Waals surface area contributed by atoms with Crippen molar-refractivity contribution in [2.24, 2.45) is 10.1 Å². The van der Waals surface area contributed by atoms with Gasteiger partial charge in [0.2, 0.25) is 10.5 Å². The molecule has 10 heteroatoms. The van der Waals surface area contributed by atoms with Crippen LogP contribution in [0.25, 0.3) is 0 Å². The van der Waals surface area contributed by atoms with Gasteiger partial charge in [0.05, 0.1) is 6.61 Å². The summed E-state index contributed by atoms with van der Waals surface area (Å²) in [5.74, 6) is -1.69. The van der Waals surface area contributed by atoms with Gasteiger partial charge in [0.25, 0.3) is 5.91 Å². The van der Waals surface area contributed by atoms with E-state index in [1.165, 1.54) is 5.38 Å². The maximum absolute atomic E-state index is 11.8. The Morgan fingerprint density at radius 2 is 2.14 bits per heavy atom. The van der Waals surface area contributed by atoms with Crippen LogP contribution in [0, 0.1) is 0 Å². The van der Waals surface area contributed by atoms with E-state index in [4.69, 9.17) is 21.2 Å². The van der Waals surface area contributed by atoms with Crippen LogP contribution in [-0.4, -0.2) is 46.6 Å². The van der Waals surface area contributed by atoms with Crippen molar-refractivity contribution >= 4 is 40.5 Å². The Balaban J connectivity index is 3.24. The van der Waals surface area contributed by atoms with Gasteiger partial charge in [-0.2, -0.15) is 9.72 Å². The number of oxime groups is 1. The lowest BCUT2D eigenvalue weighted by Gasteiger charge is -2.05. The molecule has 8 nitrogen and oxygen atoms in total. The number of rotatable bonds is 6. The van der Waals surface area contributed by atoms with E-state index in [2.05, 4.69) is 10.1 Å². The summed E-state index contributed by atoms with van der Waals surface area (Å²) in [7, 11) is 0. The van der Waals surface area contributed by atoms with E-state index < -0.39 is 11.9 Å². The Kier molecular flexibility index (Phi) is 6.89. The van der Waals surface area contributed by atoms with E-state index in [0.717, 1.165) is 11.3 Å². The fraction of sp³-hybridized carbons (Fsp3) is 0.455. The number of aromatic nitrogens is 1. The van der Waals surface area contributed by atoms with Crippen molar-refractivity contribution in [1.29, 1.82) is 0 Å². The van der Waals surface area contributed by atoms with Gasteiger partial charge in [0.15, 0.2) is 0 Å². The van der Waals surface area contributed by atoms with Crippen LogP contribution in [0.1, 0.15) is 19.5 Å². The number of esters is 1. The molecule has 0 unspecified atom stereocenters. The maximum Gasteiger partial charge on any atom is 0.362 e. The molecule has 0 radical (unpaired) electrons. The predicted octanol–water partition coefficient (Wildman–Crippen LogP) is 0.757. The highest BCUT2D eigenvalue weighted by molar-refractivity contribution is 7.07. The minimum absolute atomic E-state index is 0.00743. The Morgan fingerprint density at radius 3 is 2.71 bits per heavy atom. The number of hydrogen-bond acceptors (Lipinski definition) is 7. The highest BCUT2D eigenvalue weighted by atomic mass is 35.5. The fourth-order valence-electron chi connectivity index (χ4n) is 1.19. The Hall–Kier alpha value is -1.87. The SMILES string of the molecule is CCON=C(C(=O)OCC)c1csc(=NC(=O)CCl)n1O. The molecular formula is C11H14ClN3O5S. The first-order valence-corrected chi connectivity index (χ1v) is 7.37. The first-order valence-electron chi connectivity index (χ1n) is 5.95. The molecule has 0 saturated heterocycles. The fourth-order valence-corrected chi connectivity index (χ4v) is 2.04. The number of hydrogen-bond donors (Lipinski definition) is 1. The van der Waals surface area contributed by atoms with E-state index in [9.17, 15) is 14.8 Å². The number of carbonyl (C=O) groups is 2. The van der Waals surface area contributed by atoms with Crippen LogP contribution < -0.4 is 4.80 Å². The third-order valence-electron chi connectivity index (χ3n) is 2.02. The number of thiazole rings is 1. The molecule has 1 heterocycles. The quantitative estimate of drug-likeness (QED) is 0.272. The van der Waals surface area contributed by atoms with E-state index in [1.807, 2.05) is 0 Å². The van der Waals surface area contributed by atoms with Crippen LogP contribution in [-0.2, 0) is 19.2 Å². The van der Waals surface area contributed by atoms with Gasteiger partial charge < -0.3 is 14.8 Å². The molecule has 0 aliphatic rings. The normalized spacial score (nSPS) is 12.3. The van der Waals surface area contributed by atoms with E-state index >= 15 is 0 Å². The molecule has 0 aromatic carbocycles. The average Bonchev–Trinajstić information content (AvgIpc) is 2.81. The summed E-state index contributed by atoms with van der Waals surface area (Å²) in [5, 5.41) is 15.0. The lowest BCUT2D eigenvalue weighted by Crippen LogP contribution is -2.26. The standard InChI is InChI=1S/C11H14ClN3O5S/c1-3-19-10(17)9(14-20-4-2)7-6-21-11(15(7)18)13-8(16)5-12/h6,18H,3-5H2,1-2H3. The van der Waals surface area contributed by atoms with Crippen LogP contribution in [0.3, 0.4) is 0 Å². The minimum Gasteiger partial charge on any atom is -0.461 e. The molecule has 1 aromatic heterocycles. The molecule has 21 heavy (non-hydrogen) atoms. The predicted molar refractivity (Wildman–Crippen MR) is 75.6 cm³/mol. The topological polar surface area (TPSA) is 102 Å². The van der Waals surface area contributed by atoms with E-state index in [-0.39, 0.29) is 35.3 Å². The van der Waals surface area contributed by atoms with Gasteiger partial charge in [0.1, 0.15) is 18.2 Å². The van der Waals surface area contributed by atoms with Gasteiger partial charge in [-0.15, -0.1) is 22.9 Å². The molecule has 0 bridgehead atoms. The van der Waals surface area contributed by atoms with Crippen LogP contribution in [0.4, 0.5) is 0 Å². The molecule has 0 fully saturated rings. The molecule has 0 spiro atoms. The van der Waals surface area contributed by atoms with Crippen molar-refractivity contribution < 1.29 is 24.4 Å². The molecule has 1 N–H and O–H groups in total. The van der Waals surface area contributed by atoms with Crippen LogP contribution >= 0.6 is 22.9 Å². The molecule has 0 saturated carbocycles. The molecule has 0 aliphatic carbocycles. The van der Waals surface area contributed by atoms with Gasteiger partial charge >= 0.3 is 5.97 Å². The third kappa shape index (κ3) is 4.57. The van der Waals surface area contributed by atoms with Gasteiger partial charge in [-0.1, -0.05) is 5.16 Å². The molecule has 0 aliphatic heterocycles. The van der Waals surface area contributed by atoms with Gasteiger partial charge in [-0.25, -0.2) is 4.79 Å². The zero-order valence-electron chi connectivity index (χ0n) is 11.4. The number of amides is 1. The van der Waals surface area contributed by atoms with Crippen molar-refractivity contribution in [2.75, 3.05) is 19.1 Å². The van der Waals surface area contributed by atoms with Crippen molar-refractivity contribution in [3.63, 3.8) is 0 Å². The van der Waals surface area contributed by atoms with Crippen LogP contribution in [0.15, 0.2) is 15.5 Å². The van der Waals surface area contributed by atoms with Crippen molar-refractivity contribution in [3.8, 4) is 0 Å². The number of alkyl halides is 1. The largest absolute Gasteiger partial charge is 0.461 e. The first kappa shape index (κ1) is 17.2. The second-order valence-electron chi connectivity index (χ2n) is 3.43. The summed E-state index contributed by atoms with van der Waals surface area (Å²) in [6, 6.07) is 0. The highest BCUT2D eigenvalue weighted by Crippen LogP contribution is 2.05. The Morgan fingerprint density at radius 1 is 1.43 bits per heavy atom. The minimum atomic E-state index is -0.762. The molecule has 116 valence electrons. The Labute approximate surface area is 129 Å². The van der Waals surface area contributed by atoms with Gasteiger partial charge in [-0.3, -0.25) is 4.79 Å². The van der Waals surface area contributed by atoms with Gasteiger partial charge in [0, 0.05) is 5.38 Å². The highest BCUT2D eigenvalue weighted by Gasteiger charge is 2.22. The summed E-state index contributed by atoms with van der Waals surface area (Å²) >= 11 is 6.28.